The zero-order valence-corrected chi connectivity index (χ0v) is 16.2. The smallest absolute Gasteiger partial charge is 0.305 e. The van der Waals surface area contributed by atoms with Crippen LogP contribution in [0.2, 0.25) is 0 Å². The van der Waals surface area contributed by atoms with Gasteiger partial charge in [-0.1, -0.05) is 64.0 Å². The molecule has 24 heavy (non-hydrogen) atoms. The molecule has 0 unspecified atom stereocenters. The van der Waals surface area contributed by atoms with Crippen LogP contribution in [0.15, 0.2) is 12.2 Å². The van der Waals surface area contributed by atoms with Crippen molar-refractivity contribution in [1.82, 2.24) is 0 Å². The van der Waals surface area contributed by atoms with Gasteiger partial charge in [-0.25, -0.2) is 0 Å². The molecule has 1 rings (SSSR count). The van der Waals surface area contributed by atoms with Gasteiger partial charge in [0.25, 0.3) is 0 Å². The number of esters is 1. The molecule has 1 fully saturated rings. The first-order chi connectivity index (χ1) is 11.8. The van der Waals surface area contributed by atoms with Crippen LogP contribution in [0.5, 0.6) is 0 Å². The lowest BCUT2D eigenvalue weighted by Crippen LogP contribution is -2.05. The van der Waals surface area contributed by atoms with Gasteiger partial charge in [-0.2, -0.15) is 0 Å². The van der Waals surface area contributed by atoms with E-state index in [4.69, 9.17) is 4.74 Å². The zero-order valence-electron chi connectivity index (χ0n) is 16.2. The van der Waals surface area contributed by atoms with E-state index in [1.165, 1.54) is 77.0 Å². The molecule has 0 aromatic carbocycles. The summed E-state index contributed by atoms with van der Waals surface area (Å²) in [5.74, 6) is 1.73. The minimum absolute atomic E-state index is 0.0302. The first-order valence-electron chi connectivity index (χ1n) is 10.6. The summed E-state index contributed by atoms with van der Waals surface area (Å²) in [6.45, 7) is 4.65. The summed E-state index contributed by atoms with van der Waals surface area (Å²) >= 11 is 0. The molecule has 1 aliphatic rings. The van der Waals surface area contributed by atoms with Gasteiger partial charge in [-0.05, 0) is 57.3 Å². The van der Waals surface area contributed by atoms with Gasteiger partial charge in [0.15, 0.2) is 0 Å². The quantitative estimate of drug-likeness (QED) is 0.197. The Morgan fingerprint density at radius 3 is 2.58 bits per heavy atom. The molecule has 0 N–H and O–H groups in total. The van der Waals surface area contributed by atoms with Gasteiger partial charge in [0.1, 0.15) is 0 Å². The summed E-state index contributed by atoms with van der Waals surface area (Å²) in [4.78, 5) is 11.3. The standard InChI is InChI=1S/C22H40O2/c1-3-5-6-7-8-11-15-20-17-14-18-21(20)16-12-9-10-13-19-22(23)24-4-2/h11,15,20-21H,3-10,12-14,16-19H2,1-2H3/t20-,21-/m0/s1. The Morgan fingerprint density at radius 2 is 1.79 bits per heavy atom. The third-order valence-corrected chi connectivity index (χ3v) is 5.34. The molecular formula is C22H40O2. The minimum Gasteiger partial charge on any atom is -0.466 e. The van der Waals surface area contributed by atoms with E-state index in [1.807, 2.05) is 6.92 Å². The van der Waals surface area contributed by atoms with Gasteiger partial charge < -0.3 is 4.74 Å². The van der Waals surface area contributed by atoms with E-state index in [0.717, 1.165) is 18.3 Å². The van der Waals surface area contributed by atoms with Crippen LogP contribution in [-0.2, 0) is 9.53 Å². The first-order valence-corrected chi connectivity index (χ1v) is 10.6. The number of hydrogen-bond acceptors (Lipinski definition) is 2. The summed E-state index contributed by atoms with van der Waals surface area (Å²) in [5.41, 5.74) is 0. The van der Waals surface area contributed by atoms with Crippen LogP contribution in [-0.4, -0.2) is 12.6 Å². The van der Waals surface area contributed by atoms with E-state index in [0.29, 0.717) is 13.0 Å². The lowest BCUT2D eigenvalue weighted by molar-refractivity contribution is -0.143. The molecule has 1 saturated carbocycles. The van der Waals surface area contributed by atoms with Crippen molar-refractivity contribution < 1.29 is 9.53 Å². The van der Waals surface area contributed by atoms with Crippen LogP contribution in [0.25, 0.3) is 0 Å². The number of unbranched alkanes of at least 4 members (excludes halogenated alkanes) is 7. The Balaban J connectivity index is 2.05. The highest BCUT2D eigenvalue weighted by molar-refractivity contribution is 5.69. The van der Waals surface area contributed by atoms with Crippen molar-refractivity contribution in [3.8, 4) is 0 Å². The maximum atomic E-state index is 11.3. The molecule has 2 nitrogen and oxygen atoms in total. The summed E-state index contributed by atoms with van der Waals surface area (Å²) in [6, 6.07) is 0. The number of hydrogen-bond donors (Lipinski definition) is 0. The van der Waals surface area contributed by atoms with Crippen molar-refractivity contribution >= 4 is 5.97 Å². The average molecular weight is 337 g/mol. The van der Waals surface area contributed by atoms with Crippen LogP contribution < -0.4 is 0 Å². The molecule has 2 atom stereocenters. The highest BCUT2D eigenvalue weighted by Gasteiger charge is 2.24. The fourth-order valence-electron chi connectivity index (χ4n) is 3.90. The van der Waals surface area contributed by atoms with Crippen molar-refractivity contribution in [3.63, 3.8) is 0 Å². The van der Waals surface area contributed by atoms with Crippen LogP contribution in [0.1, 0.15) is 104 Å². The SMILES string of the molecule is CCCCCCC=C[C@H]1CCC[C@@H]1CCCCCCC(=O)OCC. The molecule has 0 spiro atoms. The second-order valence-electron chi connectivity index (χ2n) is 7.39. The highest BCUT2D eigenvalue weighted by Crippen LogP contribution is 2.36. The Hall–Kier alpha value is -0.790. The molecule has 0 radical (unpaired) electrons. The summed E-state index contributed by atoms with van der Waals surface area (Å²) in [6.07, 6.45) is 22.7. The Bertz CT molecular complexity index is 335. The van der Waals surface area contributed by atoms with E-state index < -0.39 is 0 Å². The first kappa shape index (κ1) is 21.3. The predicted molar refractivity (Wildman–Crippen MR) is 103 cm³/mol. The monoisotopic (exact) mass is 336 g/mol. The third kappa shape index (κ3) is 10.2. The predicted octanol–water partition coefficient (Wildman–Crippen LogP) is 6.83. The molecule has 1 aliphatic carbocycles. The van der Waals surface area contributed by atoms with Crippen molar-refractivity contribution in [2.75, 3.05) is 6.61 Å². The van der Waals surface area contributed by atoms with Crippen molar-refractivity contribution in [1.29, 1.82) is 0 Å². The molecule has 0 aromatic heterocycles. The number of ether oxygens (including phenoxy) is 1. The number of carbonyl (C=O) groups is 1. The van der Waals surface area contributed by atoms with Crippen LogP contribution >= 0.6 is 0 Å². The van der Waals surface area contributed by atoms with E-state index >= 15 is 0 Å². The van der Waals surface area contributed by atoms with Gasteiger partial charge in [-0.15, -0.1) is 0 Å². The Kier molecular flexibility index (Phi) is 12.9. The summed E-state index contributed by atoms with van der Waals surface area (Å²) in [5, 5.41) is 0. The Labute approximate surface area is 150 Å². The van der Waals surface area contributed by atoms with E-state index in [1.54, 1.807) is 0 Å². The topological polar surface area (TPSA) is 26.3 Å². The number of rotatable bonds is 14. The molecule has 0 amide bonds. The van der Waals surface area contributed by atoms with Gasteiger partial charge in [0.05, 0.1) is 6.61 Å². The second kappa shape index (κ2) is 14.5. The number of allylic oxidation sites excluding steroid dienone is 2. The molecule has 140 valence electrons. The fourth-order valence-corrected chi connectivity index (χ4v) is 3.90. The van der Waals surface area contributed by atoms with Gasteiger partial charge >= 0.3 is 5.97 Å². The van der Waals surface area contributed by atoms with Crippen molar-refractivity contribution in [2.24, 2.45) is 11.8 Å². The normalized spacial score (nSPS) is 20.8. The van der Waals surface area contributed by atoms with Gasteiger partial charge in [0, 0.05) is 6.42 Å². The molecule has 0 saturated heterocycles. The molecule has 0 bridgehead atoms. The van der Waals surface area contributed by atoms with Crippen LogP contribution in [0.3, 0.4) is 0 Å². The van der Waals surface area contributed by atoms with E-state index in [2.05, 4.69) is 19.1 Å². The molecule has 2 heteroatoms. The summed E-state index contributed by atoms with van der Waals surface area (Å²) < 4.78 is 4.97. The summed E-state index contributed by atoms with van der Waals surface area (Å²) in [7, 11) is 0. The lowest BCUT2D eigenvalue weighted by Gasteiger charge is -2.16. The third-order valence-electron chi connectivity index (χ3n) is 5.34. The maximum Gasteiger partial charge on any atom is 0.305 e. The molecule has 0 heterocycles. The maximum absolute atomic E-state index is 11.3. The van der Waals surface area contributed by atoms with E-state index in [-0.39, 0.29) is 5.97 Å². The van der Waals surface area contributed by atoms with Gasteiger partial charge in [-0.3, -0.25) is 4.79 Å². The molecule has 0 aromatic rings. The molecular weight excluding hydrogens is 296 g/mol. The van der Waals surface area contributed by atoms with Gasteiger partial charge in [0.2, 0.25) is 0 Å². The highest BCUT2D eigenvalue weighted by atomic mass is 16.5. The van der Waals surface area contributed by atoms with Crippen LogP contribution in [0, 0.1) is 11.8 Å². The Morgan fingerprint density at radius 1 is 1.00 bits per heavy atom. The van der Waals surface area contributed by atoms with Crippen molar-refractivity contribution in [2.45, 2.75) is 104 Å². The molecule has 0 aliphatic heterocycles. The zero-order chi connectivity index (χ0) is 17.5. The average Bonchev–Trinajstić information content (AvgIpc) is 3.01. The minimum atomic E-state index is -0.0302. The second-order valence-corrected chi connectivity index (χ2v) is 7.39. The largest absolute Gasteiger partial charge is 0.466 e. The van der Waals surface area contributed by atoms with E-state index in [9.17, 15) is 4.79 Å². The fraction of sp³-hybridized carbons (Fsp3) is 0.864. The lowest BCUT2D eigenvalue weighted by atomic mass is 9.90. The van der Waals surface area contributed by atoms with Crippen LogP contribution in [0.4, 0.5) is 0 Å². The van der Waals surface area contributed by atoms with Crippen molar-refractivity contribution in [3.05, 3.63) is 12.2 Å². The number of carbonyl (C=O) groups excluding carboxylic acids is 1.